The van der Waals surface area contributed by atoms with E-state index in [4.69, 9.17) is 9.47 Å². The zero-order valence-electron chi connectivity index (χ0n) is 14.9. The molecular weight excluding hydrogens is 306 g/mol. The highest BCUT2D eigenvalue weighted by molar-refractivity contribution is 5.67. The third-order valence-electron chi connectivity index (χ3n) is 5.56. The molecule has 3 rings (SSSR count). The molecule has 0 bridgehead atoms. The van der Waals surface area contributed by atoms with Crippen LogP contribution in [0.2, 0.25) is 0 Å². The first-order valence-electron chi connectivity index (χ1n) is 9.79. The van der Waals surface area contributed by atoms with Gasteiger partial charge in [-0.05, 0) is 51.7 Å². The van der Waals surface area contributed by atoms with Gasteiger partial charge in [0, 0.05) is 25.7 Å². The normalized spacial score (nSPS) is 29.5. The van der Waals surface area contributed by atoms with Crippen molar-refractivity contribution in [3.63, 3.8) is 0 Å². The SMILES string of the molecule is O=C(NC1CCOC1)OCC1CCCCN1CCN1CCCCC1. The zero-order chi connectivity index (χ0) is 16.6. The van der Waals surface area contributed by atoms with Crippen molar-refractivity contribution in [3.8, 4) is 0 Å². The van der Waals surface area contributed by atoms with E-state index in [9.17, 15) is 4.79 Å². The molecule has 3 saturated heterocycles. The molecule has 1 N–H and O–H groups in total. The van der Waals surface area contributed by atoms with Gasteiger partial charge in [-0.3, -0.25) is 4.90 Å². The Bertz CT molecular complexity index is 382. The topological polar surface area (TPSA) is 54.0 Å². The highest BCUT2D eigenvalue weighted by Crippen LogP contribution is 2.18. The minimum atomic E-state index is -0.285. The number of ether oxygens (including phenoxy) is 2. The molecule has 3 aliphatic heterocycles. The summed E-state index contributed by atoms with van der Waals surface area (Å²) in [6.07, 6.45) is 8.33. The molecule has 0 radical (unpaired) electrons. The third-order valence-corrected chi connectivity index (χ3v) is 5.56. The molecule has 0 spiro atoms. The highest BCUT2D eigenvalue weighted by atomic mass is 16.6. The Morgan fingerprint density at radius 1 is 1.04 bits per heavy atom. The fourth-order valence-corrected chi connectivity index (χ4v) is 4.02. The van der Waals surface area contributed by atoms with Gasteiger partial charge in [0.25, 0.3) is 0 Å². The van der Waals surface area contributed by atoms with E-state index in [1.54, 1.807) is 0 Å². The van der Waals surface area contributed by atoms with Crippen LogP contribution in [0, 0.1) is 0 Å². The van der Waals surface area contributed by atoms with Gasteiger partial charge in [0.2, 0.25) is 0 Å². The van der Waals surface area contributed by atoms with Gasteiger partial charge in [-0.25, -0.2) is 4.79 Å². The van der Waals surface area contributed by atoms with E-state index in [1.165, 1.54) is 45.2 Å². The Balaban J connectivity index is 1.37. The highest BCUT2D eigenvalue weighted by Gasteiger charge is 2.25. The molecule has 3 heterocycles. The van der Waals surface area contributed by atoms with Crippen molar-refractivity contribution in [3.05, 3.63) is 0 Å². The first-order valence-corrected chi connectivity index (χ1v) is 9.79. The maximum Gasteiger partial charge on any atom is 0.407 e. The molecule has 0 aromatic heterocycles. The molecule has 6 nitrogen and oxygen atoms in total. The molecule has 0 saturated carbocycles. The molecule has 3 aliphatic rings. The van der Waals surface area contributed by atoms with Crippen LogP contribution in [0.15, 0.2) is 0 Å². The molecule has 138 valence electrons. The predicted octanol–water partition coefficient (Wildman–Crippen LogP) is 1.84. The van der Waals surface area contributed by atoms with Crippen molar-refractivity contribution in [2.24, 2.45) is 0 Å². The second-order valence-electron chi connectivity index (χ2n) is 7.39. The summed E-state index contributed by atoms with van der Waals surface area (Å²) in [5.74, 6) is 0. The molecular formula is C18H33N3O3. The van der Waals surface area contributed by atoms with E-state index in [-0.39, 0.29) is 12.1 Å². The second kappa shape index (κ2) is 9.59. The van der Waals surface area contributed by atoms with Crippen molar-refractivity contribution in [1.29, 1.82) is 0 Å². The largest absolute Gasteiger partial charge is 0.448 e. The Hall–Kier alpha value is -0.850. The summed E-state index contributed by atoms with van der Waals surface area (Å²) in [4.78, 5) is 17.1. The van der Waals surface area contributed by atoms with Gasteiger partial charge in [-0.2, -0.15) is 0 Å². The summed E-state index contributed by atoms with van der Waals surface area (Å²) in [6, 6.07) is 0.508. The van der Waals surface area contributed by atoms with Crippen LogP contribution in [-0.4, -0.2) is 80.5 Å². The molecule has 2 atom stereocenters. The van der Waals surface area contributed by atoms with Gasteiger partial charge in [0.15, 0.2) is 0 Å². The fourth-order valence-electron chi connectivity index (χ4n) is 4.02. The Kier molecular flexibility index (Phi) is 7.17. The zero-order valence-corrected chi connectivity index (χ0v) is 14.9. The molecule has 24 heavy (non-hydrogen) atoms. The second-order valence-corrected chi connectivity index (χ2v) is 7.39. The molecule has 0 aliphatic carbocycles. The average molecular weight is 339 g/mol. The van der Waals surface area contributed by atoms with E-state index >= 15 is 0 Å². The van der Waals surface area contributed by atoms with Gasteiger partial charge in [0.1, 0.15) is 6.61 Å². The van der Waals surface area contributed by atoms with Crippen LogP contribution in [0.5, 0.6) is 0 Å². The number of likely N-dealkylation sites (tertiary alicyclic amines) is 2. The monoisotopic (exact) mass is 339 g/mol. The number of carbonyl (C=O) groups excluding carboxylic acids is 1. The van der Waals surface area contributed by atoms with E-state index < -0.39 is 0 Å². The van der Waals surface area contributed by atoms with Crippen LogP contribution in [0.25, 0.3) is 0 Å². The van der Waals surface area contributed by atoms with Crippen LogP contribution >= 0.6 is 0 Å². The van der Waals surface area contributed by atoms with Gasteiger partial charge in [-0.15, -0.1) is 0 Å². The van der Waals surface area contributed by atoms with Gasteiger partial charge in [0.05, 0.1) is 12.6 Å². The summed E-state index contributed by atoms with van der Waals surface area (Å²) < 4.78 is 10.8. The number of piperidine rings is 2. The minimum absolute atomic E-state index is 0.124. The summed E-state index contributed by atoms with van der Waals surface area (Å²) >= 11 is 0. The van der Waals surface area contributed by atoms with E-state index in [2.05, 4.69) is 15.1 Å². The van der Waals surface area contributed by atoms with E-state index in [0.29, 0.717) is 19.3 Å². The van der Waals surface area contributed by atoms with Gasteiger partial charge < -0.3 is 19.7 Å². The van der Waals surface area contributed by atoms with Crippen LogP contribution in [0.4, 0.5) is 4.79 Å². The Morgan fingerprint density at radius 2 is 1.88 bits per heavy atom. The number of carbonyl (C=O) groups is 1. The molecule has 1 amide bonds. The lowest BCUT2D eigenvalue weighted by atomic mass is 10.0. The average Bonchev–Trinajstić information content (AvgIpc) is 3.13. The van der Waals surface area contributed by atoms with E-state index in [1.807, 2.05) is 0 Å². The molecule has 2 unspecified atom stereocenters. The number of rotatable bonds is 6. The summed E-state index contributed by atoms with van der Waals surface area (Å²) in [5, 5.41) is 2.90. The number of hydrogen-bond donors (Lipinski definition) is 1. The van der Waals surface area contributed by atoms with Crippen LogP contribution < -0.4 is 5.32 Å². The van der Waals surface area contributed by atoms with Crippen LogP contribution in [-0.2, 0) is 9.47 Å². The predicted molar refractivity (Wildman–Crippen MR) is 93.2 cm³/mol. The standard InChI is InChI=1S/C18H33N3O3/c22-18(19-16-7-13-23-14-16)24-15-17-6-2-5-10-21(17)12-11-20-8-3-1-4-9-20/h16-17H,1-15H2,(H,19,22). The quantitative estimate of drug-likeness (QED) is 0.800. The molecule has 0 aromatic rings. The smallest absolute Gasteiger partial charge is 0.407 e. The van der Waals surface area contributed by atoms with Crippen molar-refractivity contribution < 1.29 is 14.3 Å². The summed E-state index contributed by atoms with van der Waals surface area (Å²) in [7, 11) is 0. The van der Waals surface area contributed by atoms with Gasteiger partial charge >= 0.3 is 6.09 Å². The van der Waals surface area contributed by atoms with Crippen LogP contribution in [0.1, 0.15) is 44.9 Å². The lowest BCUT2D eigenvalue weighted by Crippen LogP contribution is -2.47. The maximum atomic E-state index is 11.9. The Morgan fingerprint density at radius 3 is 2.67 bits per heavy atom. The van der Waals surface area contributed by atoms with Crippen molar-refractivity contribution in [2.75, 3.05) is 52.5 Å². The lowest BCUT2D eigenvalue weighted by Gasteiger charge is -2.37. The molecule has 6 heteroatoms. The third kappa shape index (κ3) is 5.60. The molecule has 3 fully saturated rings. The van der Waals surface area contributed by atoms with Crippen LogP contribution in [0.3, 0.4) is 0 Å². The van der Waals surface area contributed by atoms with E-state index in [0.717, 1.165) is 39.1 Å². The van der Waals surface area contributed by atoms with Crippen molar-refractivity contribution >= 4 is 6.09 Å². The molecule has 0 aromatic carbocycles. The number of hydrogen-bond acceptors (Lipinski definition) is 5. The number of nitrogens with zero attached hydrogens (tertiary/aromatic N) is 2. The van der Waals surface area contributed by atoms with Crippen molar-refractivity contribution in [2.45, 2.75) is 57.0 Å². The lowest BCUT2D eigenvalue weighted by molar-refractivity contribution is 0.0584. The number of amides is 1. The summed E-state index contributed by atoms with van der Waals surface area (Å²) in [5.41, 5.74) is 0. The minimum Gasteiger partial charge on any atom is -0.448 e. The number of alkyl carbamates (subject to hydrolysis) is 1. The van der Waals surface area contributed by atoms with Crippen molar-refractivity contribution in [1.82, 2.24) is 15.1 Å². The first kappa shape index (κ1) is 18.0. The number of nitrogens with one attached hydrogen (secondary N) is 1. The van der Waals surface area contributed by atoms with Gasteiger partial charge in [-0.1, -0.05) is 12.8 Å². The Labute approximate surface area is 145 Å². The first-order chi connectivity index (χ1) is 11.8. The maximum absolute atomic E-state index is 11.9. The fraction of sp³-hybridized carbons (Fsp3) is 0.944. The summed E-state index contributed by atoms with van der Waals surface area (Å²) in [6.45, 7) is 7.76.